The summed E-state index contributed by atoms with van der Waals surface area (Å²) in [6.07, 6.45) is 0.866. The van der Waals surface area contributed by atoms with Crippen LogP contribution < -0.4 is 19.5 Å². The first kappa shape index (κ1) is 21.8. The molecule has 3 rings (SSSR count). The van der Waals surface area contributed by atoms with Crippen molar-refractivity contribution in [1.29, 1.82) is 0 Å². The molecule has 0 radical (unpaired) electrons. The zero-order chi connectivity index (χ0) is 21.5. The highest BCUT2D eigenvalue weighted by Gasteiger charge is 2.22. The Morgan fingerprint density at radius 2 is 1.80 bits per heavy atom. The van der Waals surface area contributed by atoms with Gasteiger partial charge in [0.1, 0.15) is 5.75 Å². The number of hydrogen-bond donors (Lipinski definition) is 1. The fraction of sp³-hybridized carbons (Fsp3) is 0.458. The Morgan fingerprint density at radius 1 is 1.10 bits per heavy atom. The first-order chi connectivity index (χ1) is 14.5. The van der Waals surface area contributed by atoms with E-state index in [9.17, 15) is 4.79 Å². The Morgan fingerprint density at radius 3 is 2.47 bits per heavy atom. The van der Waals surface area contributed by atoms with Crippen molar-refractivity contribution < 1.29 is 19.0 Å². The van der Waals surface area contributed by atoms with Gasteiger partial charge < -0.3 is 24.4 Å². The Labute approximate surface area is 179 Å². The topological polar surface area (TPSA) is 60.0 Å². The fourth-order valence-corrected chi connectivity index (χ4v) is 3.45. The molecule has 2 aromatic rings. The summed E-state index contributed by atoms with van der Waals surface area (Å²) in [6.45, 7) is 8.61. The van der Waals surface area contributed by atoms with Crippen molar-refractivity contribution in [1.82, 2.24) is 10.2 Å². The monoisotopic (exact) mass is 412 g/mol. The number of hydrogen-bond acceptors (Lipinski definition) is 4. The van der Waals surface area contributed by atoms with Gasteiger partial charge in [-0.2, -0.15) is 0 Å². The van der Waals surface area contributed by atoms with Crippen molar-refractivity contribution in [3.8, 4) is 17.2 Å². The number of carbonyl (C=O) groups is 1. The highest BCUT2D eigenvalue weighted by Crippen LogP contribution is 2.34. The van der Waals surface area contributed by atoms with E-state index < -0.39 is 0 Å². The van der Waals surface area contributed by atoms with Crippen LogP contribution in [0.25, 0.3) is 0 Å². The van der Waals surface area contributed by atoms with E-state index in [1.54, 1.807) is 11.9 Å². The van der Waals surface area contributed by atoms with Crippen molar-refractivity contribution in [2.24, 2.45) is 5.92 Å². The van der Waals surface area contributed by atoms with E-state index >= 15 is 0 Å². The van der Waals surface area contributed by atoms with Crippen LogP contribution in [0.5, 0.6) is 17.2 Å². The van der Waals surface area contributed by atoms with E-state index in [0.717, 1.165) is 34.8 Å². The lowest BCUT2D eigenvalue weighted by Crippen LogP contribution is -2.40. The third-order valence-corrected chi connectivity index (χ3v) is 5.08. The van der Waals surface area contributed by atoms with Crippen molar-refractivity contribution in [2.75, 3.05) is 26.9 Å². The summed E-state index contributed by atoms with van der Waals surface area (Å²) in [4.78, 5) is 14.6. The standard InChI is InChI=1S/C24H32N2O4/c1-5-28-20-10-7-18(8-11-20)16-26(4)24(27)25-23(17(2)3)19-9-12-21-22(15-19)30-14-6-13-29-21/h7-12,15,17,23H,5-6,13-14,16H2,1-4H3,(H,25,27)/t23-/m0/s1. The van der Waals surface area contributed by atoms with E-state index in [2.05, 4.69) is 19.2 Å². The Kier molecular flexibility index (Phi) is 7.44. The average molecular weight is 413 g/mol. The third-order valence-electron chi connectivity index (χ3n) is 5.08. The summed E-state index contributed by atoms with van der Waals surface area (Å²) in [5.41, 5.74) is 2.06. The molecule has 0 aliphatic carbocycles. The quantitative estimate of drug-likeness (QED) is 0.711. The summed E-state index contributed by atoms with van der Waals surface area (Å²) in [7, 11) is 1.80. The van der Waals surface area contributed by atoms with Crippen LogP contribution in [0, 0.1) is 5.92 Å². The summed E-state index contributed by atoms with van der Waals surface area (Å²) < 4.78 is 17.0. The second kappa shape index (κ2) is 10.2. The van der Waals surface area contributed by atoms with Crippen LogP contribution in [-0.2, 0) is 6.54 Å². The predicted molar refractivity (Wildman–Crippen MR) is 117 cm³/mol. The maximum Gasteiger partial charge on any atom is 0.317 e. The minimum Gasteiger partial charge on any atom is -0.494 e. The maximum absolute atomic E-state index is 12.9. The molecule has 1 heterocycles. The van der Waals surface area contributed by atoms with Gasteiger partial charge in [0.2, 0.25) is 0 Å². The molecule has 1 N–H and O–H groups in total. The molecule has 1 atom stereocenters. The average Bonchev–Trinajstić information content (AvgIpc) is 2.98. The molecule has 6 nitrogen and oxygen atoms in total. The van der Waals surface area contributed by atoms with Gasteiger partial charge in [-0.3, -0.25) is 0 Å². The molecule has 0 bridgehead atoms. The van der Waals surface area contributed by atoms with Gasteiger partial charge in [0.15, 0.2) is 11.5 Å². The second-order valence-corrected chi connectivity index (χ2v) is 7.86. The lowest BCUT2D eigenvalue weighted by Gasteiger charge is -2.27. The van der Waals surface area contributed by atoms with E-state index in [-0.39, 0.29) is 18.0 Å². The van der Waals surface area contributed by atoms with Crippen molar-refractivity contribution >= 4 is 6.03 Å². The van der Waals surface area contributed by atoms with Gasteiger partial charge in [-0.05, 0) is 48.2 Å². The normalized spacial score (nSPS) is 14.0. The molecule has 0 aromatic heterocycles. The summed E-state index contributed by atoms with van der Waals surface area (Å²) in [5.74, 6) is 2.56. The first-order valence-electron chi connectivity index (χ1n) is 10.6. The van der Waals surface area contributed by atoms with Gasteiger partial charge in [0.05, 0.1) is 25.9 Å². The van der Waals surface area contributed by atoms with Crippen LogP contribution in [0.2, 0.25) is 0 Å². The molecule has 0 saturated heterocycles. The lowest BCUT2D eigenvalue weighted by atomic mass is 9.95. The fourth-order valence-electron chi connectivity index (χ4n) is 3.45. The van der Waals surface area contributed by atoms with Gasteiger partial charge in [0.25, 0.3) is 0 Å². The van der Waals surface area contributed by atoms with Gasteiger partial charge in [-0.25, -0.2) is 4.79 Å². The Hall–Kier alpha value is -2.89. The second-order valence-electron chi connectivity index (χ2n) is 7.86. The molecule has 30 heavy (non-hydrogen) atoms. The number of rotatable bonds is 7. The van der Waals surface area contributed by atoms with Crippen LogP contribution in [0.15, 0.2) is 42.5 Å². The van der Waals surface area contributed by atoms with Gasteiger partial charge in [-0.1, -0.05) is 32.0 Å². The SMILES string of the molecule is CCOc1ccc(CN(C)C(=O)N[C@H](c2ccc3c(c2)OCCCO3)C(C)C)cc1. The van der Waals surface area contributed by atoms with Crippen LogP contribution in [-0.4, -0.2) is 37.8 Å². The van der Waals surface area contributed by atoms with Crippen LogP contribution in [0.3, 0.4) is 0 Å². The van der Waals surface area contributed by atoms with E-state index in [1.165, 1.54) is 0 Å². The first-order valence-corrected chi connectivity index (χ1v) is 10.6. The molecule has 2 amide bonds. The molecule has 0 saturated carbocycles. The Balaban J connectivity index is 1.67. The largest absolute Gasteiger partial charge is 0.494 e. The summed E-state index contributed by atoms with van der Waals surface area (Å²) in [5, 5.41) is 3.17. The molecule has 0 unspecified atom stereocenters. The number of nitrogens with one attached hydrogen (secondary N) is 1. The molecular weight excluding hydrogens is 380 g/mol. The number of amides is 2. The summed E-state index contributed by atoms with van der Waals surface area (Å²) in [6, 6.07) is 13.5. The number of urea groups is 1. The molecule has 0 spiro atoms. The Bertz CT molecular complexity index is 836. The van der Waals surface area contributed by atoms with E-state index in [4.69, 9.17) is 14.2 Å². The number of fused-ring (bicyclic) bond motifs is 1. The number of carbonyl (C=O) groups excluding carboxylic acids is 1. The van der Waals surface area contributed by atoms with Crippen molar-refractivity contribution in [3.05, 3.63) is 53.6 Å². The zero-order valence-corrected chi connectivity index (χ0v) is 18.3. The number of benzene rings is 2. The van der Waals surface area contributed by atoms with Crippen molar-refractivity contribution in [3.63, 3.8) is 0 Å². The molecule has 2 aromatic carbocycles. The van der Waals surface area contributed by atoms with Gasteiger partial charge in [-0.15, -0.1) is 0 Å². The van der Waals surface area contributed by atoms with Crippen molar-refractivity contribution in [2.45, 2.75) is 39.8 Å². The molecule has 0 fully saturated rings. The zero-order valence-electron chi connectivity index (χ0n) is 18.3. The maximum atomic E-state index is 12.9. The minimum atomic E-state index is -0.127. The molecule has 6 heteroatoms. The predicted octanol–water partition coefficient (Wildman–Crippen LogP) is 4.79. The van der Waals surface area contributed by atoms with E-state index in [0.29, 0.717) is 26.4 Å². The number of ether oxygens (including phenoxy) is 3. The highest BCUT2D eigenvalue weighted by molar-refractivity contribution is 5.74. The van der Waals surface area contributed by atoms with Crippen LogP contribution in [0.1, 0.15) is 44.4 Å². The van der Waals surface area contributed by atoms with Gasteiger partial charge in [0, 0.05) is 20.0 Å². The molecule has 162 valence electrons. The van der Waals surface area contributed by atoms with Gasteiger partial charge >= 0.3 is 6.03 Å². The lowest BCUT2D eigenvalue weighted by molar-refractivity contribution is 0.198. The third kappa shape index (κ3) is 5.59. The highest BCUT2D eigenvalue weighted by atomic mass is 16.5. The number of nitrogens with zero attached hydrogens (tertiary/aromatic N) is 1. The smallest absolute Gasteiger partial charge is 0.317 e. The van der Waals surface area contributed by atoms with E-state index in [1.807, 2.05) is 49.4 Å². The van der Waals surface area contributed by atoms with Crippen LogP contribution in [0.4, 0.5) is 4.79 Å². The minimum absolute atomic E-state index is 0.116. The molecule has 1 aliphatic rings. The van der Waals surface area contributed by atoms with Crippen LogP contribution >= 0.6 is 0 Å². The summed E-state index contributed by atoms with van der Waals surface area (Å²) >= 11 is 0. The molecular formula is C24H32N2O4. The molecule has 1 aliphatic heterocycles.